The molecule has 0 unspecified atom stereocenters. The number of hydrogen-bond acceptors (Lipinski definition) is 4. The number of amides is 2. The van der Waals surface area contributed by atoms with Crippen LogP contribution in [0.25, 0.3) is 0 Å². The van der Waals surface area contributed by atoms with E-state index < -0.39 is 23.6 Å². The minimum atomic E-state index is -4.56. The lowest BCUT2D eigenvalue weighted by Gasteiger charge is -2.09. The molecule has 0 saturated carbocycles. The molecule has 130 valence electrons. The van der Waals surface area contributed by atoms with Crippen LogP contribution in [-0.2, 0) is 15.8 Å². The molecule has 2 aromatic carbocycles. The lowest BCUT2D eigenvalue weighted by molar-refractivity contribution is -0.137. The van der Waals surface area contributed by atoms with Crippen molar-refractivity contribution in [1.29, 1.82) is 0 Å². The summed E-state index contributed by atoms with van der Waals surface area (Å²) in [5.41, 5.74) is 1.38. The predicted molar refractivity (Wildman–Crippen MR) is 83.9 cm³/mol. The summed E-state index contributed by atoms with van der Waals surface area (Å²) >= 11 is 0. The number of nitrogens with one attached hydrogen (secondary N) is 2. The highest BCUT2D eigenvalue weighted by molar-refractivity contribution is 6.39. The Hall–Kier alpha value is -3.36. The molecule has 0 bridgehead atoms. The molecule has 25 heavy (non-hydrogen) atoms. The Morgan fingerprint density at radius 1 is 1.04 bits per heavy atom. The van der Waals surface area contributed by atoms with Crippen LogP contribution >= 0.6 is 0 Å². The third-order valence-corrected chi connectivity index (χ3v) is 2.93. The summed E-state index contributed by atoms with van der Waals surface area (Å²) in [5, 5.41) is 14.7. The average molecular weight is 351 g/mol. The number of anilines is 1. The quantitative estimate of drug-likeness (QED) is 0.451. The van der Waals surface area contributed by atoms with Gasteiger partial charge in [-0.15, -0.1) is 0 Å². The van der Waals surface area contributed by atoms with Crippen LogP contribution in [0.2, 0.25) is 0 Å². The van der Waals surface area contributed by atoms with Crippen LogP contribution in [0.3, 0.4) is 0 Å². The molecule has 0 atom stereocenters. The first kappa shape index (κ1) is 18.0. The molecule has 0 radical (unpaired) electrons. The number of carbonyl (C=O) groups excluding carboxylic acids is 2. The second-order valence-electron chi connectivity index (χ2n) is 4.82. The van der Waals surface area contributed by atoms with Gasteiger partial charge in [0, 0.05) is 5.69 Å². The second-order valence-corrected chi connectivity index (χ2v) is 4.82. The molecule has 2 rings (SSSR count). The number of aromatic hydroxyl groups is 1. The molecular formula is C16H12F3N3O3. The molecule has 0 aromatic heterocycles. The first-order valence-corrected chi connectivity index (χ1v) is 6.86. The molecule has 2 amide bonds. The molecule has 0 saturated heterocycles. The van der Waals surface area contributed by atoms with E-state index in [9.17, 15) is 22.8 Å². The van der Waals surface area contributed by atoms with Gasteiger partial charge < -0.3 is 10.4 Å². The van der Waals surface area contributed by atoms with Crippen LogP contribution in [-0.4, -0.2) is 23.1 Å². The van der Waals surface area contributed by atoms with E-state index in [4.69, 9.17) is 5.11 Å². The van der Waals surface area contributed by atoms with Gasteiger partial charge in [-0.05, 0) is 48.0 Å². The van der Waals surface area contributed by atoms with Crippen LogP contribution in [0, 0.1) is 0 Å². The molecule has 0 aliphatic carbocycles. The van der Waals surface area contributed by atoms with E-state index in [0.717, 1.165) is 12.1 Å². The van der Waals surface area contributed by atoms with Crippen molar-refractivity contribution in [2.45, 2.75) is 6.18 Å². The Morgan fingerprint density at radius 2 is 1.72 bits per heavy atom. The van der Waals surface area contributed by atoms with Gasteiger partial charge in [0.2, 0.25) is 0 Å². The van der Waals surface area contributed by atoms with E-state index in [0.29, 0.717) is 11.6 Å². The standard InChI is InChI=1S/C16H12F3N3O3/c17-16(18,19)11-2-1-3-12(8-11)21-14(24)15(25)22-20-9-10-4-6-13(23)7-5-10/h1-9,23H,(H,21,24)(H,22,25)/b20-9+. The lowest BCUT2D eigenvalue weighted by atomic mass is 10.2. The number of benzene rings is 2. The van der Waals surface area contributed by atoms with Gasteiger partial charge in [0.25, 0.3) is 0 Å². The Kier molecular flexibility index (Phi) is 5.38. The zero-order valence-corrected chi connectivity index (χ0v) is 12.5. The number of phenolic OH excluding ortho intramolecular Hbond substituents is 1. The highest BCUT2D eigenvalue weighted by atomic mass is 19.4. The van der Waals surface area contributed by atoms with Crippen LogP contribution < -0.4 is 10.7 Å². The van der Waals surface area contributed by atoms with Gasteiger partial charge in [-0.3, -0.25) is 9.59 Å². The van der Waals surface area contributed by atoms with Crippen molar-refractivity contribution in [2.24, 2.45) is 5.10 Å². The van der Waals surface area contributed by atoms with E-state index in [2.05, 4.69) is 10.4 Å². The summed E-state index contributed by atoms with van der Waals surface area (Å²) in [6.07, 6.45) is -3.33. The molecule has 0 aliphatic heterocycles. The largest absolute Gasteiger partial charge is 0.508 e. The normalized spacial score (nSPS) is 11.3. The van der Waals surface area contributed by atoms with E-state index in [1.165, 1.54) is 36.5 Å². The monoisotopic (exact) mass is 351 g/mol. The number of phenols is 1. The first-order chi connectivity index (χ1) is 11.8. The SMILES string of the molecule is O=C(N/N=C/c1ccc(O)cc1)C(=O)Nc1cccc(C(F)(F)F)c1. The summed E-state index contributed by atoms with van der Waals surface area (Å²) in [4.78, 5) is 23.2. The van der Waals surface area contributed by atoms with Gasteiger partial charge in [0.1, 0.15) is 5.75 Å². The maximum Gasteiger partial charge on any atom is 0.416 e. The van der Waals surface area contributed by atoms with Crippen molar-refractivity contribution in [3.05, 3.63) is 59.7 Å². The van der Waals surface area contributed by atoms with Crippen molar-refractivity contribution >= 4 is 23.7 Å². The summed E-state index contributed by atoms with van der Waals surface area (Å²) in [5.74, 6) is -2.25. The number of carbonyl (C=O) groups is 2. The predicted octanol–water partition coefficient (Wildman–Crippen LogP) is 2.50. The van der Waals surface area contributed by atoms with E-state index in [1.807, 2.05) is 5.43 Å². The Labute approximate surface area is 140 Å². The molecule has 0 aliphatic rings. The maximum absolute atomic E-state index is 12.6. The van der Waals surface area contributed by atoms with Crippen molar-refractivity contribution in [2.75, 3.05) is 5.32 Å². The van der Waals surface area contributed by atoms with Gasteiger partial charge in [-0.25, -0.2) is 5.43 Å². The topological polar surface area (TPSA) is 90.8 Å². The van der Waals surface area contributed by atoms with E-state index >= 15 is 0 Å². The van der Waals surface area contributed by atoms with Crippen LogP contribution in [0.4, 0.5) is 18.9 Å². The number of nitrogens with zero attached hydrogens (tertiary/aromatic N) is 1. The molecule has 2 aromatic rings. The molecule has 0 fully saturated rings. The zero-order valence-electron chi connectivity index (χ0n) is 12.5. The van der Waals surface area contributed by atoms with Crippen LogP contribution in [0.15, 0.2) is 53.6 Å². The van der Waals surface area contributed by atoms with Crippen LogP contribution in [0.5, 0.6) is 5.75 Å². The fourth-order valence-electron chi connectivity index (χ4n) is 1.74. The third-order valence-electron chi connectivity index (χ3n) is 2.93. The van der Waals surface area contributed by atoms with Crippen molar-refractivity contribution < 1.29 is 27.9 Å². The molecule has 9 heteroatoms. The summed E-state index contributed by atoms with van der Waals surface area (Å²) in [6, 6.07) is 9.75. The minimum absolute atomic E-state index is 0.0571. The van der Waals surface area contributed by atoms with Gasteiger partial charge >= 0.3 is 18.0 Å². The molecule has 0 heterocycles. The molecule has 6 nitrogen and oxygen atoms in total. The number of halogens is 3. The van der Waals surface area contributed by atoms with Gasteiger partial charge in [-0.1, -0.05) is 6.07 Å². The van der Waals surface area contributed by atoms with Crippen molar-refractivity contribution in [1.82, 2.24) is 5.43 Å². The van der Waals surface area contributed by atoms with Gasteiger partial charge in [-0.2, -0.15) is 18.3 Å². The molecular weight excluding hydrogens is 339 g/mol. The number of hydrazone groups is 1. The van der Waals surface area contributed by atoms with Crippen molar-refractivity contribution in [3.8, 4) is 5.75 Å². The maximum atomic E-state index is 12.6. The zero-order chi connectivity index (χ0) is 18.4. The smallest absolute Gasteiger partial charge is 0.416 e. The minimum Gasteiger partial charge on any atom is -0.508 e. The summed E-state index contributed by atoms with van der Waals surface area (Å²) < 4.78 is 37.8. The number of alkyl halides is 3. The lowest BCUT2D eigenvalue weighted by Crippen LogP contribution is -2.32. The summed E-state index contributed by atoms with van der Waals surface area (Å²) in [7, 11) is 0. The molecule has 3 N–H and O–H groups in total. The fraction of sp³-hybridized carbons (Fsp3) is 0.0625. The second kappa shape index (κ2) is 7.47. The number of hydrogen-bond donors (Lipinski definition) is 3. The number of rotatable bonds is 3. The van der Waals surface area contributed by atoms with Crippen LogP contribution in [0.1, 0.15) is 11.1 Å². The van der Waals surface area contributed by atoms with Gasteiger partial charge in [0.15, 0.2) is 0 Å². The molecule has 0 spiro atoms. The summed E-state index contributed by atoms with van der Waals surface area (Å²) in [6.45, 7) is 0. The highest BCUT2D eigenvalue weighted by Crippen LogP contribution is 2.30. The fourth-order valence-corrected chi connectivity index (χ4v) is 1.74. The van der Waals surface area contributed by atoms with E-state index in [-0.39, 0.29) is 11.4 Å². The first-order valence-electron chi connectivity index (χ1n) is 6.86. The third kappa shape index (κ3) is 5.34. The van der Waals surface area contributed by atoms with E-state index in [1.54, 1.807) is 0 Å². The van der Waals surface area contributed by atoms with Crippen molar-refractivity contribution in [3.63, 3.8) is 0 Å². The highest BCUT2D eigenvalue weighted by Gasteiger charge is 2.30. The Balaban J connectivity index is 1.94. The Bertz CT molecular complexity index is 802. The van der Waals surface area contributed by atoms with Gasteiger partial charge in [0.05, 0.1) is 11.8 Å². The Morgan fingerprint density at radius 3 is 2.36 bits per heavy atom. The average Bonchev–Trinajstić information content (AvgIpc) is 2.56.